The highest BCUT2D eigenvalue weighted by molar-refractivity contribution is 7.97. The van der Waals surface area contributed by atoms with Crippen molar-refractivity contribution in [2.24, 2.45) is 0 Å². The summed E-state index contributed by atoms with van der Waals surface area (Å²) in [5, 5.41) is 0.753. The second-order valence-corrected chi connectivity index (χ2v) is 3.58. The number of nitrogen functional groups attached to an aromatic ring is 1. The van der Waals surface area contributed by atoms with E-state index < -0.39 is 0 Å². The van der Waals surface area contributed by atoms with E-state index in [1.807, 2.05) is 18.4 Å². The van der Waals surface area contributed by atoms with E-state index in [0.29, 0.717) is 0 Å². The van der Waals surface area contributed by atoms with Gasteiger partial charge in [0.1, 0.15) is 0 Å². The second kappa shape index (κ2) is 3.88. The van der Waals surface area contributed by atoms with Crippen molar-refractivity contribution < 1.29 is 0 Å². The van der Waals surface area contributed by atoms with E-state index in [4.69, 9.17) is 17.3 Å². The zero-order valence-electron chi connectivity index (χ0n) is 6.30. The Morgan fingerprint density at radius 3 is 2.91 bits per heavy atom. The second-order valence-electron chi connectivity index (χ2n) is 2.28. The van der Waals surface area contributed by atoms with Crippen molar-refractivity contribution in [2.45, 2.75) is 5.75 Å². The normalized spacial score (nSPS) is 10.0. The Morgan fingerprint density at radius 2 is 2.27 bits per heavy atom. The van der Waals surface area contributed by atoms with Gasteiger partial charge in [-0.1, -0.05) is 11.6 Å². The lowest BCUT2D eigenvalue weighted by atomic mass is 10.2. The molecule has 0 bridgehead atoms. The Labute approximate surface area is 75.9 Å². The molecule has 1 nitrogen and oxygen atoms in total. The maximum atomic E-state index is 5.79. The van der Waals surface area contributed by atoms with Gasteiger partial charge in [0.25, 0.3) is 0 Å². The maximum Gasteiger partial charge on any atom is 0.0410 e. The number of rotatable bonds is 2. The van der Waals surface area contributed by atoms with Crippen LogP contribution >= 0.6 is 23.4 Å². The molecule has 0 atom stereocenters. The molecule has 0 radical (unpaired) electrons. The Morgan fingerprint density at radius 1 is 1.55 bits per heavy atom. The third kappa shape index (κ3) is 2.31. The molecule has 0 unspecified atom stereocenters. The van der Waals surface area contributed by atoms with Crippen LogP contribution < -0.4 is 5.73 Å². The Bertz CT molecular complexity index is 250. The van der Waals surface area contributed by atoms with Crippen molar-refractivity contribution in [3.63, 3.8) is 0 Å². The molecular formula is C8H10ClNS. The van der Waals surface area contributed by atoms with Crippen LogP contribution in [0.15, 0.2) is 18.2 Å². The van der Waals surface area contributed by atoms with Crippen molar-refractivity contribution in [1.29, 1.82) is 0 Å². The van der Waals surface area contributed by atoms with Crippen LogP contribution in [0, 0.1) is 0 Å². The minimum Gasteiger partial charge on any atom is -0.398 e. The fourth-order valence-corrected chi connectivity index (χ4v) is 1.61. The molecule has 0 spiro atoms. The van der Waals surface area contributed by atoms with Gasteiger partial charge in [0.2, 0.25) is 0 Å². The number of benzene rings is 1. The molecule has 0 aliphatic rings. The van der Waals surface area contributed by atoms with E-state index in [0.717, 1.165) is 22.0 Å². The zero-order chi connectivity index (χ0) is 8.27. The number of thioether (sulfide) groups is 1. The van der Waals surface area contributed by atoms with Crippen LogP contribution in [-0.4, -0.2) is 6.26 Å². The SMILES string of the molecule is CSCc1cc(Cl)ccc1N. The molecule has 0 aliphatic heterocycles. The summed E-state index contributed by atoms with van der Waals surface area (Å²) >= 11 is 7.53. The monoisotopic (exact) mass is 187 g/mol. The van der Waals surface area contributed by atoms with Crippen molar-refractivity contribution >= 4 is 29.1 Å². The Hall–Kier alpha value is -0.340. The van der Waals surface area contributed by atoms with Crippen LogP contribution in [0.5, 0.6) is 0 Å². The standard InChI is InChI=1S/C8H10ClNS/c1-11-5-6-4-7(9)2-3-8(6)10/h2-4H,5,10H2,1H3. The third-order valence-electron chi connectivity index (χ3n) is 1.40. The van der Waals surface area contributed by atoms with Gasteiger partial charge in [0, 0.05) is 16.5 Å². The third-order valence-corrected chi connectivity index (χ3v) is 2.24. The van der Waals surface area contributed by atoms with Gasteiger partial charge in [-0.05, 0) is 30.0 Å². The van der Waals surface area contributed by atoms with Gasteiger partial charge >= 0.3 is 0 Å². The fourth-order valence-electron chi connectivity index (χ4n) is 0.855. The number of hydrogen-bond acceptors (Lipinski definition) is 2. The lowest BCUT2D eigenvalue weighted by Crippen LogP contribution is -1.91. The molecule has 1 aromatic carbocycles. The van der Waals surface area contributed by atoms with E-state index in [1.54, 1.807) is 17.8 Å². The lowest BCUT2D eigenvalue weighted by Gasteiger charge is -2.02. The van der Waals surface area contributed by atoms with Crippen LogP contribution in [-0.2, 0) is 5.75 Å². The zero-order valence-corrected chi connectivity index (χ0v) is 7.88. The predicted molar refractivity (Wildman–Crippen MR) is 53.1 cm³/mol. The van der Waals surface area contributed by atoms with Crippen molar-refractivity contribution in [3.05, 3.63) is 28.8 Å². The number of halogens is 1. The quantitative estimate of drug-likeness (QED) is 0.721. The molecule has 0 heterocycles. The van der Waals surface area contributed by atoms with Gasteiger partial charge < -0.3 is 5.73 Å². The first-order valence-corrected chi connectivity index (χ1v) is 5.04. The van der Waals surface area contributed by atoms with Gasteiger partial charge in [-0.2, -0.15) is 11.8 Å². The predicted octanol–water partition coefficient (Wildman–Crippen LogP) is 2.79. The molecule has 0 saturated heterocycles. The Kier molecular flexibility index (Phi) is 3.09. The van der Waals surface area contributed by atoms with E-state index >= 15 is 0 Å². The van der Waals surface area contributed by atoms with Gasteiger partial charge in [0.05, 0.1) is 0 Å². The molecule has 60 valence electrons. The topological polar surface area (TPSA) is 26.0 Å². The first-order valence-electron chi connectivity index (χ1n) is 3.27. The first-order chi connectivity index (χ1) is 5.24. The molecule has 11 heavy (non-hydrogen) atoms. The van der Waals surface area contributed by atoms with E-state index in [9.17, 15) is 0 Å². The molecule has 2 N–H and O–H groups in total. The minimum atomic E-state index is 0.753. The van der Waals surface area contributed by atoms with Crippen LogP contribution in [0.3, 0.4) is 0 Å². The summed E-state index contributed by atoms with van der Waals surface area (Å²) in [5.41, 5.74) is 7.64. The number of hydrogen-bond donors (Lipinski definition) is 1. The molecule has 0 aromatic heterocycles. The molecule has 3 heteroatoms. The summed E-state index contributed by atoms with van der Waals surface area (Å²) in [5.74, 6) is 0.923. The summed E-state index contributed by atoms with van der Waals surface area (Å²) in [6, 6.07) is 5.56. The minimum absolute atomic E-state index is 0.753. The number of anilines is 1. The molecule has 1 aromatic rings. The molecule has 1 rings (SSSR count). The van der Waals surface area contributed by atoms with E-state index in [1.165, 1.54) is 0 Å². The summed E-state index contributed by atoms with van der Waals surface area (Å²) in [6.07, 6.45) is 2.04. The van der Waals surface area contributed by atoms with Gasteiger partial charge in [-0.25, -0.2) is 0 Å². The largest absolute Gasteiger partial charge is 0.398 e. The fraction of sp³-hybridized carbons (Fsp3) is 0.250. The Balaban J connectivity index is 2.93. The van der Waals surface area contributed by atoms with E-state index in [2.05, 4.69) is 0 Å². The van der Waals surface area contributed by atoms with Crippen LogP contribution in [0.1, 0.15) is 5.56 Å². The van der Waals surface area contributed by atoms with Gasteiger partial charge in [-0.15, -0.1) is 0 Å². The summed E-state index contributed by atoms with van der Waals surface area (Å²) < 4.78 is 0. The molecule has 0 amide bonds. The van der Waals surface area contributed by atoms with Crippen molar-refractivity contribution in [2.75, 3.05) is 12.0 Å². The van der Waals surface area contributed by atoms with Gasteiger partial charge in [-0.3, -0.25) is 0 Å². The molecule has 0 fully saturated rings. The van der Waals surface area contributed by atoms with E-state index in [-0.39, 0.29) is 0 Å². The highest BCUT2D eigenvalue weighted by Crippen LogP contribution is 2.21. The highest BCUT2D eigenvalue weighted by atomic mass is 35.5. The first kappa shape index (κ1) is 8.75. The molecule has 0 aliphatic carbocycles. The molecule has 0 saturated carbocycles. The van der Waals surface area contributed by atoms with Crippen LogP contribution in [0.4, 0.5) is 5.69 Å². The molecular weight excluding hydrogens is 178 g/mol. The summed E-state index contributed by atoms with van der Waals surface area (Å²) in [6.45, 7) is 0. The van der Waals surface area contributed by atoms with Crippen molar-refractivity contribution in [3.8, 4) is 0 Å². The van der Waals surface area contributed by atoms with Crippen molar-refractivity contribution in [1.82, 2.24) is 0 Å². The van der Waals surface area contributed by atoms with Gasteiger partial charge in [0.15, 0.2) is 0 Å². The van der Waals surface area contributed by atoms with Crippen LogP contribution in [0.2, 0.25) is 5.02 Å². The average molecular weight is 188 g/mol. The highest BCUT2D eigenvalue weighted by Gasteiger charge is 1.97. The maximum absolute atomic E-state index is 5.79. The van der Waals surface area contributed by atoms with Crippen LogP contribution in [0.25, 0.3) is 0 Å². The summed E-state index contributed by atoms with van der Waals surface area (Å²) in [4.78, 5) is 0. The lowest BCUT2D eigenvalue weighted by molar-refractivity contribution is 1.42. The average Bonchev–Trinajstić information content (AvgIpc) is 1.98. The number of nitrogens with two attached hydrogens (primary N) is 1. The summed E-state index contributed by atoms with van der Waals surface area (Å²) in [7, 11) is 0. The smallest absolute Gasteiger partial charge is 0.0410 e.